The van der Waals surface area contributed by atoms with Crippen LogP contribution in [-0.2, 0) is 16.0 Å². The smallest absolute Gasteiger partial charge is 0.306 e. The Balaban J connectivity index is 1.88. The predicted molar refractivity (Wildman–Crippen MR) is 111 cm³/mol. The first kappa shape index (κ1) is 20.8. The number of halogens is 4. The van der Waals surface area contributed by atoms with Gasteiger partial charge in [0.25, 0.3) is 0 Å². The fraction of sp³-hybridized carbons (Fsp3) is 0.167. The Kier molecular flexibility index (Phi) is 5.08. The largest absolute Gasteiger partial charge is 0.435 e. The minimum absolute atomic E-state index is 0.0968. The highest BCUT2D eigenvalue weighted by atomic mass is 127. The Bertz CT molecular complexity index is 1360. The minimum Gasteiger partial charge on any atom is -0.306 e. The third kappa shape index (κ3) is 3.80. The van der Waals surface area contributed by atoms with Gasteiger partial charge < -0.3 is 4.40 Å². The van der Waals surface area contributed by atoms with Crippen LogP contribution >= 0.6 is 22.6 Å². The van der Waals surface area contributed by atoms with Crippen molar-refractivity contribution in [3.8, 4) is 17.1 Å². The summed E-state index contributed by atoms with van der Waals surface area (Å²) in [6.07, 6.45) is 1.21. The maximum absolute atomic E-state index is 12.9. The van der Waals surface area contributed by atoms with Crippen LogP contribution in [0.2, 0.25) is 0 Å². The van der Waals surface area contributed by atoms with Gasteiger partial charge >= 0.3 is 6.18 Å². The van der Waals surface area contributed by atoms with Crippen molar-refractivity contribution in [3.63, 3.8) is 0 Å². The zero-order chi connectivity index (χ0) is 21.7. The molecule has 0 N–H and O–H groups in total. The molecule has 0 amide bonds. The molecule has 0 aliphatic rings. The molecule has 0 saturated carbocycles. The number of nitrogens with zero attached hydrogens (tertiary/aromatic N) is 5. The van der Waals surface area contributed by atoms with Crippen LogP contribution in [0.4, 0.5) is 13.2 Å². The zero-order valence-corrected chi connectivity index (χ0v) is 18.3. The van der Waals surface area contributed by atoms with Gasteiger partial charge in [0.1, 0.15) is 17.0 Å². The van der Waals surface area contributed by atoms with Gasteiger partial charge in [-0.2, -0.15) is 18.3 Å². The van der Waals surface area contributed by atoms with Crippen molar-refractivity contribution in [2.45, 2.75) is 18.0 Å². The van der Waals surface area contributed by atoms with Gasteiger partial charge in [-0.1, -0.05) is 6.92 Å². The molecule has 0 saturated heterocycles. The second kappa shape index (κ2) is 7.34. The molecule has 4 rings (SSSR count). The Hall–Kier alpha value is -2.48. The minimum atomic E-state index is -4.61. The number of aromatic nitrogens is 5. The lowest BCUT2D eigenvalue weighted by Gasteiger charge is -2.10. The Morgan fingerprint density at radius 3 is 2.60 bits per heavy atom. The van der Waals surface area contributed by atoms with E-state index in [9.17, 15) is 21.6 Å². The summed E-state index contributed by atoms with van der Waals surface area (Å²) in [5, 5.41) is 3.48. The fourth-order valence-corrected chi connectivity index (χ4v) is 4.34. The third-order valence-electron chi connectivity index (χ3n) is 4.36. The van der Waals surface area contributed by atoms with Crippen molar-refractivity contribution < 1.29 is 21.6 Å². The molecule has 4 aromatic rings. The fourth-order valence-electron chi connectivity index (χ4n) is 2.83. The number of imidazole rings is 1. The van der Waals surface area contributed by atoms with Gasteiger partial charge in [-0.25, -0.2) is 18.1 Å². The van der Waals surface area contributed by atoms with Crippen LogP contribution in [0.15, 0.2) is 53.9 Å². The molecule has 0 fully saturated rings. The number of pyridine rings is 2. The molecule has 0 unspecified atom stereocenters. The molecule has 156 valence electrons. The van der Waals surface area contributed by atoms with E-state index in [4.69, 9.17) is 0 Å². The van der Waals surface area contributed by atoms with Crippen LogP contribution in [0.25, 0.3) is 22.7 Å². The normalized spacial score (nSPS) is 12.6. The molecule has 0 aliphatic heterocycles. The average Bonchev–Trinajstić information content (AvgIpc) is 3.34. The molecular weight excluding hydrogens is 534 g/mol. The number of hydrogen-bond acceptors (Lipinski definition) is 5. The van der Waals surface area contributed by atoms with Crippen molar-refractivity contribution in [1.82, 2.24) is 24.1 Å². The first-order valence-corrected chi connectivity index (χ1v) is 11.3. The summed E-state index contributed by atoms with van der Waals surface area (Å²) in [4.78, 5) is 8.56. The summed E-state index contributed by atoms with van der Waals surface area (Å²) >= 11 is 2.14. The first-order valence-electron chi connectivity index (χ1n) is 8.59. The van der Waals surface area contributed by atoms with E-state index in [1.165, 1.54) is 19.2 Å². The maximum atomic E-state index is 12.9. The molecule has 0 aliphatic carbocycles. The highest BCUT2D eigenvalue weighted by Crippen LogP contribution is 2.30. The summed E-state index contributed by atoms with van der Waals surface area (Å²) < 4.78 is 67.7. The van der Waals surface area contributed by atoms with E-state index in [-0.39, 0.29) is 22.0 Å². The third-order valence-corrected chi connectivity index (χ3v) is 6.77. The Morgan fingerprint density at radius 1 is 1.17 bits per heavy atom. The molecule has 4 aromatic heterocycles. The highest BCUT2D eigenvalue weighted by molar-refractivity contribution is 14.1. The summed E-state index contributed by atoms with van der Waals surface area (Å²) in [6.45, 7) is 1.48. The molecule has 30 heavy (non-hydrogen) atoms. The van der Waals surface area contributed by atoms with Gasteiger partial charge in [0.2, 0.25) is 0 Å². The number of sulfone groups is 1. The van der Waals surface area contributed by atoms with Crippen molar-refractivity contribution in [2.75, 3.05) is 5.75 Å². The zero-order valence-electron chi connectivity index (χ0n) is 15.3. The van der Waals surface area contributed by atoms with E-state index in [0.717, 1.165) is 20.5 Å². The summed E-state index contributed by atoms with van der Waals surface area (Å²) in [6, 6.07) is 5.78. The SMILES string of the molecule is CCS(=O)(=O)c1cc(-n2ccc(C(F)(F)F)n2)cnc1-c1cn2ccc(I)cc2n1. The topological polar surface area (TPSA) is 82.1 Å². The van der Waals surface area contributed by atoms with Gasteiger partial charge in [0.05, 0.1) is 22.5 Å². The molecule has 0 spiro atoms. The second-order valence-electron chi connectivity index (χ2n) is 6.32. The van der Waals surface area contributed by atoms with E-state index in [1.54, 1.807) is 16.8 Å². The summed E-state index contributed by atoms with van der Waals surface area (Å²) in [5.41, 5.74) is 0.0973. The number of alkyl halides is 3. The van der Waals surface area contributed by atoms with Crippen molar-refractivity contribution in [3.05, 3.63) is 58.3 Å². The van der Waals surface area contributed by atoms with E-state index < -0.39 is 21.7 Å². The second-order valence-corrected chi connectivity index (χ2v) is 9.82. The van der Waals surface area contributed by atoms with Gasteiger partial charge in [-0.05, 0) is 46.9 Å². The van der Waals surface area contributed by atoms with Crippen molar-refractivity contribution >= 4 is 38.1 Å². The maximum Gasteiger partial charge on any atom is 0.435 e. The van der Waals surface area contributed by atoms with Gasteiger partial charge in [-0.3, -0.25) is 4.98 Å². The first-order chi connectivity index (χ1) is 14.1. The quantitative estimate of drug-likeness (QED) is 0.361. The van der Waals surface area contributed by atoms with Crippen LogP contribution in [-0.4, -0.2) is 38.3 Å². The van der Waals surface area contributed by atoms with Crippen LogP contribution in [0.3, 0.4) is 0 Å². The van der Waals surface area contributed by atoms with Crippen molar-refractivity contribution in [2.24, 2.45) is 0 Å². The summed E-state index contributed by atoms with van der Waals surface area (Å²) in [7, 11) is -3.75. The average molecular weight is 547 g/mol. The van der Waals surface area contributed by atoms with E-state index in [2.05, 4.69) is 37.7 Å². The molecule has 4 heterocycles. The lowest BCUT2D eigenvalue weighted by atomic mass is 10.3. The standard InChI is InChI=1S/C18H13F3IN5O2S/c1-2-30(28,29)14-8-12(27-6-4-15(25-27)18(19,20)21)9-23-17(14)13-10-26-5-3-11(22)7-16(26)24-13/h3-10H,2H2,1H3. The molecule has 12 heteroatoms. The number of fused-ring (bicyclic) bond motifs is 1. The van der Waals surface area contributed by atoms with Crippen LogP contribution in [0, 0.1) is 3.57 Å². The molecule has 0 bridgehead atoms. The van der Waals surface area contributed by atoms with Crippen LogP contribution < -0.4 is 0 Å². The highest BCUT2D eigenvalue weighted by Gasteiger charge is 2.34. The number of rotatable bonds is 4. The molecular formula is C18H13F3IN5O2S. The molecule has 0 atom stereocenters. The molecule has 7 nitrogen and oxygen atoms in total. The summed E-state index contributed by atoms with van der Waals surface area (Å²) in [5.74, 6) is -0.205. The van der Waals surface area contributed by atoms with E-state index in [0.29, 0.717) is 11.3 Å². The van der Waals surface area contributed by atoms with E-state index in [1.807, 2.05) is 12.1 Å². The lowest BCUT2D eigenvalue weighted by Crippen LogP contribution is -2.10. The van der Waals surface area contributed by atoms with E-state index >= 15 is 0 Å². The van der Waals surface area contributed by atoms with Crippen LogP contribution in [0.1, 0.15) is 12.6 Å². The molecule has 0 aromatic carbocycles. The molecule has 0 radical (unpaired) electrons. The number of hydrogen-bond donors (Lipinski definition) is 0. The van der Waals surface area contributed by atoms with Gasteiger partial charge in [0, 0.05) is 22.2 Å². The Morgan fingerprint density at radius 2 is 1.93 bits per heavy atom. The monoisotopic (exact) mass is 547 g/mol. The van der Waals surface area contributed by atoms with Gasteiger partial charge in [0.15, 0.2) is 15.5 Å². The van der Waals surface area contributed by atoms with Crippen molar-refractivity contribution in [1.29, 1.82) is 0 Å². The van der Waals surface area contributed by atoms with Gasteiger partial charge in [-0.15, -0.1) is 0 Å². The van der Waals surface area contributed by atoms with Crippen LogP contribution in [0.5, 0.6) is 0 Å². The Labute approximate surface area is 182 Å². The predicted octanol–water partition coefficient (Wildman–Crippen LogP) is 4.00. The lowest BCUT2D eigenvalue weighted by molar-refractivity contribution is -0.141.